The van der Waals surface area contributed by atoms with Gasteiger partial charge in [0.05, 0.1) is 30.0 Å². The number of rotatable bonds is 5. The lowest BCUT2D eigenvalue weighted by atomic mass is 10.0. The van der Waals surface area contributed by atoms with E-state index >= 15 is 0 Å². The highest BCUT2D eigenvalue weighted by Gasteiger charge is 2.33. The van der Waals surface area contributed by atoms with Crippen LogP contribution in [0.3, 0.4) is 0 Å². The van der Waals surface area contributed by atoms with Gasteiger partial charge >= 0.3 is 6.09 Å². The largest absolute Gasteiger partial charge is 0.442 e. The van der Waals surface area contributed by atoms with Gasteiger partial charge in [-0.15, -0.1) is 5.10 Å². The Morgan fingerprint density at radius 2 is 1.90 bits per heavy atom. The van der Waals surface area contributed by atoms with Gasteiger partial charge in [-0.25, -0.2) is 18.3 Å². The predicted molar refractivity (Wildman–Crippen MR) is 101 cm³/mol. The number of carbonyl (C=O) groups is 2. The van der Waals surface area contributed by atoms with Crippen molar-refractivity contribution >= 4 is 17.7 Å². The van der Waals surface area contributed by atoms with Crippen molar-refractivity contribution in [1.29, 1.82) is 0 Å². The zero-order chi connectivity index (χ0) is 21.3. The van der Waals surface area contributed by atoms with Crippen LogP contribution in [0.25, 0.3) is 16.8 Å². The van der Waals surface area contributed by atoms with Crippen LogP contribution in [-0.4, -0.2) is 51.4 Å². The van der Waals surface area contributed by atoms with Crippen molar-refractivity contribution in [2.45, 2.75) is 13.0 Å². The molecule has 1 aromatic heterocycles. The number of tetrazole rings is 1. The molecule has 154 valence electrons. The average molecular weight is 414 g/mol. The Hall–Kier alpha value is -3.89. The van der Waals surface area contributed by atoms with Crippen LogP contribution in [0.2, 0.25) is 0 Å². The second kappa shape index (κ2) is 7.85. The summed E-state index contributed by atoms with van der Waals surface area (Å²) in [4.78, 5) is 24.2. The molecule has 0 spiro atoms. The summed E-state index contributed by atoms with van der Waals surface area (Å²) in [5.41, 5.74) is 0.769. The van der Waals surface area contributed by atoms with Gasteiger partial charge in [0.1, 0.15) is 24.1 Å². The molecular formula is C19H16F2N6O3. The van der Waals surface area contributed by atoms with E-state index in [-0.39, 0.29) is 30.2 Å². The van der Waals surface area contributed by atoms with Crippen molar-refractivity contribution in [1.82, 2.24) is 25.5 Å². The third-order valence-corrected chi connectivity index (χ3v) is 4.56. The van der Waals surface area contributed by atoms with Gasteiger partial charge in [-0.05, 0) is 40.3 Å². The number of carbonyl (C=O) groups excluding carboxylic acids is 2. The summed E-state index contributed by atoms with van der Waals surface area (Å²) in [6.07, 6.45) is 0.0629. The van der Waals surface area contributed by atoms with Crippen molar-refractivity contribution in [3.63, 3.8) is 0 Å². The van der Waals surface area contributed by atoms with Crippen LogP contribution in [-0.2, 0) is 9.53 Å². The summed E-state index contributed by atoms with van der Waals surface area (Å²) in [6.45, 7) is 1.53. The maximum Gasteiger partial charge on any atom is 0.414 e. The zero-order valence-corrected chi connectivity index (χ0v) is 15.7. The van der Waals surface area contributed by atoms with Gasteiger partial charge in [0.15, 0.2) is 0 Å². The number of cyclic esters (lactones) is 1. The standard InChI is InChI=1S/C19H16F2N6O3/c1-11(28)22-8-15-9-26(19(29)30-15)14-6-16(20)18(17(21)7-14)12-2-4-13(5-3-12)27-10-23-24-25-27/h2-7,10,15H,8-9H2,1H3,(H,22,28). The van der Waals surface area contributed by atoms with E-state index in [0.717, 1.165) is 17.0 Å². The Labute approximate surface area is 169 Å². The van der Waals surface area contributed by atoms with Gasteiger partial charge in [0.25, 0.3) is 0 Å². The van der Waals surface area contributed by atoms with Crippen molar-refractivity contribution < 1.29 is 23.1 Å². The molecule has 2 amide bonds. The molecule has 0 aliphatic carbocycles. The lowest BCUT2D eigenvalue weighted by Crippen LogP contribution is -2.33. The quantitative estimate of drug-likeness (QED) is 0.686. The van der Waals surface area contributed by atoms with Gasteiger partial charge in [-0.2, -0.15) is 0 Å². The monoisotopic (exact) mass is 414 g/mol. The number of ether oxygens (including phenoxy) is 1. The van der Waals surface area contributed by atoms with E-state index in [2.05, 4.69) is 20.8 Å². The highest BCUT2D eigenvalue weighted by atomic mass is 19.1. The minimum atomic E-state index is -0.821. The summed E-state index contributed by atoms with van der Waals surface area (Å²) in [5.74, 6) is -1.91. The number of anilines is 1. The van der Waals surface area contributed by atoms with E-state index < -0.39 is 23.8 Å². The summed E-state index contributed by atoms with van der Waals surface area (Å²) in [7, 11) is 0. The van der Waals surface area contributed by atoms with Gasteiger partial charge < -0.3 is 10.1 Å². The number of nitrogens with zero attached hydrogens (tertiary/aromatic N) is 5. The molecule has 1 atom stereocenters. The zero-order valence-electron chi connectivity index (χ0n) is 15.7. The highest BCUT2D eigenvalue weighted by Crippen LogP contribution is 2.32. The van der Waals surface area contributed by atoms with Crippen molar-refractivity contribution in [3.8, 4) is 16.8 Å². The maximum atomic E-state index is 14.8. The molecule has 3 aromatic rings. The number of halogens is 2. The van der Waals surface area contributed by atoms with E-state index in [4.69, 9.17) is 4.74 Å². The van der Waals surface area contributed by atoms with Gasteiger partial charge in [0.2, 0.25) is 5.91 Å². The lowest BCUT2D eigenvalue weighted by molar-refractivity contribution is -0.119. The first-order valence-corrected chi connectivity index (χ1v) is 8.98. The average Bonchev–Trinajstić information content (AvgIpc) is 3.36. The van der Waals surface area contributed by atoms with E-state index in [1.54, 1.807) is 24.3 Å². The van der Waals surface area contributed by atoms with Crippen molar-refractivity contribution in [2.75, 3.05) is 18.0 Å². The topological polar surface area (TPSA) is 102 Å². The molecule has 30 heavy (non-hydrogen) atoms. The number of amides is 2. The molecule has 0 radical (unpaired) electrons. The number of nitrogens with one attached hydrogen (secondary N) is 1. The first-order chi connectivity index (χ1) is 14.4. The Morgan fingerprint density at radius 3 is 2.50 bits per heavy atom. The van der Waals surface area contributed by atoms with Crippen LogP contribution < -0.4 is 10.2 Å². The highest BCUT2D eigenvalue weighted by molar-refractivity contribution is 5.90. The molecule has 1 aliphatic rings. The van der Waals surface area contributed by atoms with Crippen LogP contribution in [0.4, 0.5) is 19.3 Å². The van der Waals surface area contributed by atoms with Crippen LogP contribution in [0, 0.1) is 11.6 Å². The SMILES string of the molecule is CC(=O)NCC1CN(c2cc(F)c(-c3ccc(-n4cnnn4)cc3)c(F)c2)C(=O)O1. The van der Waals surface area contributed by atoms with Gasteiger partial charge in [-0.1, -0.05) is 12.1 Å². The molecule has 0 bridgehead atoms. The molecule has 0 saturated carbocycles. The second-order valence-electron chi connectivity index (χ2n) is 6.64. The molecule has 1 unspecified atom stereocenters. The van der Waals surface area contributed by atoms with Crippen LogP contribution in [0.1, 0.15) is 6.92 Å². The number of hydrogen-bond donors (Lipinski definition) is 1. The molecule has 1 fully saturated rings. The first kappa shape index (κ1) is 19.4. The van der Waals surface area contributed by atoms with E-state index in [1.807, 2.05) is 0 Å². The van der Waals surface area contributed by atoms with E-state index in [0.29, 0.717) is 11.3 Å². The first-order valence-electron chi connectivity index (χ1n) is 8.98. The lowest BCUT2D eigenvalue weighted by Gasteiger charge is -2.15. The third kappa shape index (κ3) is 3.81. The van der Waals surface area contributed by atoms with E-state index in [9.17, 15) is 18.4 Å². The second-order valence-corrected chi connectivity index (χ2v) is 6.64. The van der Waals surface area contributed by atoms with Crippen molar-refractivity contribution in [2.24, 2.45) is 0 Å². The summed E-state index contributed by atoms with van der Waals surface area (Å²) >= 11 is 0. The molecule has 11 heteroatoms. The fraction of sp³-hybridized carbons (Fsp3) is 0.211. The van der Waals surface area contributed by atoms with Gasteiger partial charge in [-0.3, -0.25) is 9.69 Å². The van der Waals surface area contributed by atoms with Crippen LogP contribution >= 0.6 is 0 Å². The fourth-order valence-corrected chi connectivity index (χ4v) is 3.15. The normalized spacial score (nSPS) is 15.9. The maximum absolute atomic E-state index is 14.8. The molecule has 4 rings (SSSR count). The molecular weight excluding hydrogens is 398 g/mol. The summed E-state index contributed by atoms with van der Waals surface area (Å²) in [6, 6.07) is 8.51. The molecule has 2 aromatic carbocycles. The molecule has 1 aliphatic heterocycles. The summed E-state index contributed by atoms with van der Waals surface area (Å²) in [5, 5.41) is 13.4. The minimum absolute atomic E-state index is 0.0365. The summed E-state index contributed by atoms with van der Waals surface area (Å²) < 4.78 is 36.1. The Kier molecular flexibility index (Phi) is 5.09. The smallest absolute Gasteiger partial charge is 0.414 e. The molecule has 9 nitrogen and oxygen atoms in total. The van der Waals surface area contributed by atoms with Crippen LogP contribution in [0.15, 0.2) is 42.7 Å². The number of hydrogen-bond acceptors (Lipinski definition) is 6. The van der Waals surface area contributed by atoms with Gasteiger partial charge in [0, 0.05) is 6.92 Å². The van der Waals surface area contributed by atoms with E-state index in [1.165, 1.54) is 17.9 Å². The molecule has 1 N–H and O–H groups in total. The number of benzene rings is 2. The Morgan fingerprint density at radius 1 is 1.20 bits per heavy atom. The molecule has 2 heterocycles. The van der Waals surface area contributed by atoms with Crippen molar-refractivity contribution in [3.05, 3.63) is 54.4 Å². The Bertz CT molecular complexity index is 1070. The van der Waals surface area contributed by atoms with Crippen LogP contribution in [0.5, 0.6) is 0 Å². The predicted octanol–water partition coefficient (Wildman–Crippen LogP) is 2.07. The third-order valence-electron chi connectivity index (χ3n) is 4.56. The number of aromatic nitrogens is 4. The fourth-order valence-electron chi connectivity index (χ4n) is 3.15. The molecule has 1 saturated heterocycles. The minimum Gasteiger partial charge on any atom is -0.442 e. The Balaban J connectivity index is 1.57.